The number of aromatic hydroxyl groups is 1. The SMILES string of the molecule is CCOC(=O)CC#Cc1cccc(N)c1O. The van der Waals surface area contributed by atoms with Crippen molar-refractivity contribution in [2.45, 2.75) is 13.3 Å². The van der Waals surface area contributed by atoms with Crippen LogP contribution in [0.2, 0.25) is 0 Å². The fourth-order valence-corrected chi connectivity index (χ4v) is 1.09. The molecule has 1 aromatic carbocycles. The van der Waals surface area contributed by atoms with E-state index in [2.05, 4.69) is 11.8 Å². The predicted molar refractivity (Wildman–Crippen MR) is 60.6 cm³/mol. The number of para-hydroxylation sites is 1. The topological polar surface area (TPSA) is 72.5 Å². The molecule has 0 atom stereocenters. The van der Waals surface area contributed by atoms with Gasteiger partial charge in [0.2, 0.25) is 0 Å². The van der Waals surface area contributed by atoms with Gasteiger partial charge in [-0.15, -0.1) is 0 Å². The fourth-order valence-electron chi connectivity index (χ4n) is 1.09. The van der Waals surface area contributed by atoms with Crippen LogP contribution in [0, 0.1) is 11.8 Å². The summed E-state index contributed by atoms with van der Waals surface area (Å²) in [5.74, 6) is 4.84. The maximum atomic E-state index is 11.0. The summed E-state index contributed by atoms with van der Waals surface area (Å²) in [5.41, 5.74) is 6.16. The highest BCUT2D eigenvalue weighted by atomic mass is 16.5. The lowest BCUT2D eigenvalue weighted by molar-refractivity contribution is -0.141. The second-order valence-corrected chi connectivity index (χ2v) is 3.03. The van der Waals surface area contributed by atoms with E-state index in [0.29, 0.717) is 12.2 Å². The van der Waals surface area contributed by atoms with Crippen LogP contribution in [0.3, 0.4) is 0 Å². The molecule has 0 amide bonds. The molecule has 0 heterocycles. The second-order valence-electron chi connectivity index (χ2n) is 3.03. The number of anilines is 1. The van der Waals surface area contributed by atoms with Crippen molar-refractivity contribution in [3.63, 3.8) is 0 Å². The molecule has 0 radical (unpaired) electrons. The fraction of sp³-hybridized carbons (Fsp3) is 0.250. The van der Waals surface area contributed by atoms with Gasteiger partial charge in [0.1, 0.15) is 6.42 Å². The summed E-state index contributed by atoms with van der Waals surface area (Å²) in [6, 6.07) is 4.89. The van der Waals surface area contributed by atoms with E-state index in [9.17, 15) is 9.90 Å². The molecule has 0 saturated heterocycles. The van der Waals surface area contributed by atoms with Crippen molar-refractivity contribution in [3.05, 3.63) is 23.8 Å². The van der Waals surface area contributed by atoms with Gasteiger partial charge in [-0.05, 0) is 19.1 Å². The highest BCUT2D eigenvalue weighted by Crippen LogP contribution is 2.23. The number of nitrogen functional groups attached to an aromatic ring is 1. The summed E-state index contributed by atoms with van der Waals surface area (Å²) in [7, 11) is 0. The molecule has 0 fully saturated rings. The molecule has 0 aliphatic carbocycles. The molecular weight excluding hydrogens is 206 g/mol. The highest BCUT2D eigenvalue weighted by Gasteiger charge is 2.01. The van der Waals surface area contributed by atoms with Gasteiger partial charge >= 0.3 is 5.97 Å². The lowest BCUT2D eigenvalue weighted by atomic mass is 10.2. The summed E-state index contributed by atoms with van der Waals surface area (Å²) in [6.07, 6.45) is 0.00206. The van der Waals surface area contributed by atoms with Gasteiger partial charge in [-0.1, -0.05) is 17.9 Å². The van der Waals surface area contributed by atoms with Gasteiger partial charge < -0.3 is 15.6 Å². The van der Waals surface area contributed by atoms with Crippen molar-refractivity contribution in [2.75, 3.05) is 12.3 Å². The normalized spacial score (nSPS) is 9.06. The van der Waals surface area contributed by atoms with Gasteiger partial charge in [-0.3, -0.25) is 4.79 Å². The van der Waals surface area contributed by atoms with Crippen LogP contribution in [0.15, 0.2) is 18.2 Å². The third-order valence-corrected chi connectivity index (χ3v) is 1.83. The number of nitrogens with two attached hydrogens (primary N) is 1. The molecular formula is C12H13NO3. The first-order chi connectivity index (χ1) is 7.65. The van der Waals surface area contributed by atoms with Crippen LogP contribution in [-0.4, -0.2) is 17.7 Å². The van der Waals surface area contributed by atoms with Crippen LogP contribution >= 0.6 is 0 Å². The van der Waals surface area contributed by atoms with E-state index < -0.39 is 0 Å². The zero-order chi connectivity index (χ0) is 12.0. The van der Waals surface area contributed by atoms with Crippen LogP contribution in [-0.2, 0) is 9.53 Å². The molecule has 3 N–H and O–H groups in total. The standard InChI is InChI=1S/C12H13NO3/c1-2-16-11(14)8-4-6-9-5-3-7-10(13)12(9)15/h3,5,7,15H,2,8,13H2,1H3. The Morgan fingerprint density at radius 1 is 1.56 bits per heavy atom. The first-order valence-electron chi connectivity index (χ1n) is 4.87. The summed E-state index contributed by atoms with van der Waals surface area (Å²) in [5, 5.41) is 9.52. The van der Waals surface area contributed by atoms with Crippen molar-refractivity contribution < 1.29 is 14.6 Å². The number of benzene rings is 1. The van der Waals surface area contributed by atoms with Crippen LogP contribution < -0.4 is 5.73 Å². The lowest BCUT2D eigenvalue weighted by Crippen LogP contribution is -2.01. The molecule has 0 aromatic heterocycles. The van der Waals surface area contributed by atoms with Crippen molar-refractivity contribution in [1.29, 1.82) is 0 Å². The zero-order valence-electron chi connectivity index (χ0n) is 8.99. The molecule has 1 aromatic rings. The number of phenolic OH excluding ortho intramolecular Hbond substituents is 1. The summed E-state index contributed by atoms with van der Waals surface area (Å²) < 4.78 is 4.71. The van der Waals surface area contributed by atoms with E-state index in [0.717, 1.165) is 0 Å². The molecule has 0 bridgehead atoms. The van der Waals surface area contributed by atoms with Crippen LogP contribution in [0.5, 0.6) is 5.75 Å². The van der Waals surface area contributed by atoms with Gasteiger partial charge in [0.15, 0.2) is 5.75 Å². The van der Waals surface area contributed by atoms with Crippen LogP contribution in [0.4, 0.5) is 5.69 Å². The minimum atomic E-state index is -0.376. The molecule has 1 rings (SSSR count). The number of ether oxygens (including phenoxy) is 1. The average Bonchev–Trinajstić information content (AvgIpc) is 2.25. The van der Waals surface area contributed by atoms with Gasteiger partial charge in [0, 0.05) is 0 Å². The molecule has 0 aliphatic heterocycles. The largest absolute Gasteiger partial charge is 0.505 e. The third-order valence-electron chi connectivity index (χ3n) is 1.83. The summed E-state index contributed by atoms with van der Waals surface area (Å²) in [6.45, 7) is 2.07. The minimum absolute atomic E-state index is 0.00206. The Kier molecular flexibility index (Phi) is 4.22. The first kappa shape index (κ1) is 11.9. The monoisotopic (exact) mass is 219 g/mol. The lowest BCUT2D eigenvalue weighted by Gasteiger charge is -1.99. The Balaban J connectivity index is 2.70. The highest BCUT2D eigenvalue weighted by molar-refractivity contribution is 5.73. The number of hydrogen-bond donors (Lipinski definition) is 2. The Morgan fingerprint density at radius 3 is 3.00 bits per heavy atom. The smallest absolute Gasteiger partial charge is 0.317 e. The van der Waals surface area contributed by atoms with E-state index in [-0.39, 0.29) is 23.8 Å². The molecule has 84 valence electrons. The van der Waals surface area contributed by atoms with E-state index in [4.69, 9.17) is 10.5 Å². The minimum Gasteiger partial charge on any atom is -0.505 e. The number of carbonyl (C=O) groups excluding carboxylic acids is 1. The molecule has 0 aliphatic rings. The Hall–Kier alpha value is -2.15. The number of phenols is 1. The van der Waals surface area contributed by atoms with Crippen molar-refractivity contribution in [2.24, 2.45) is 0 Å². The Labute approximate surface area is 94.0 Å². The van der Waals surface area contributed by atoms with Gasteiger partial charge in [0.05, 0.1) is 17.9 Å². The Morgan fingerprint density at radius 2 is 2.31 bits per heavy atom. The van der Waals surface area contributed by atoms with Crippen LogP contribution in [0.25, 0.3) is 0 Å². The van der Waals surface area contributed by atoms with Gasteiger partial charge in [-0.2, -0.15) is 0 Å². The van der Waals surface area contributed by atoms with Crippen molar-refractivity contribution in [3.8, 4) is 17.6 Å². The summed E-state index contributed by atoms with van der Waals surface area (Å²) >= 11 is 0. The van der Waals surface area contributed by atoms with E-state index >= 15 is 0 Å². The van der Waals surface area contributed by atoms with E-state index in [1.807, 2.05) is 0 Å². The van der Waals surface area contributed by atoms with Gasteiger partial charge in [-0.25, -0.2) is 0 Å². The quantitative estimate of drug-likeness (QED) is 0.340. The van der Waals surface area contributed by atoms with E-state index in [1.165, 1.54) is 0 Å². The predicted octanol–water partition coefficient (Wildman–Crippen LogP) is 1.28. The number of carbonyl (C=O) groups is 1. The van der Waals surface area contributed by atoms with Crippen LogP contribution in [0.1, 0.15) is 18.9 Å². The first-order valence-corrected chi connectivity index (χ1v) is 4.87. The Bertz CT molecular complexity index is 443. The maximum absolute atomic E-state index is 11.0. The van der Waals surface area contributed by atoms with Crippen molar-refractivity contribution in [1.82, 2.24) is 0 Å². The zero-order valence-corrected chi connectivity index (χ0v) is 8.99. The van der Waals surface area contributed by atoms with Crippen molar-refractivity contribution >= 4 is 11.7 Å². The maximum Gasteiger partial charge on any atom is 0.317 e. The molecule has 0 spiro atoms. The molecule has 0 unspecified atom stereocenters. The van der Waals surface area contributed by atoms with Gasteiger partial charge in [0.25, 0.3) is 0 Å². The number of hydrogen-bond acceptors (Lipinski definition) is 4. The summed E-state index contributed by atoms with van der Waals surface area (Å²) in [4.78, 5) is 11.0. The molecule has 0 saturated carbocycles. The molecule has 16 heavy (non-hydrogen) atoms. The third kappa shape index (κ3) is 3.21. The molecule has 4 heteroatoms. The average molecular weight is 219 g/mol. The number of rotatable bonds is 2. The molecule has 4 nitrogen and oxygen atoms in total. The van der Waals surface area contributed by atoms with E-state index in [1.54, 1.807) is 25.1 Å². The number of esters is 1. The second kappa shape index (κ2) is 5.66.